The molecule has 2 aromatic rings. The van der Waals surface area contributed by atoms with Gasteiger partial charge in [-0.25, -0.2) is 8.42 Å². The summed E-state index contributed by atoms with van der Waals surface area (Å²) in [7, 11) is -3.43. The first-order valence-corrected chi connectivity index (χ1v) is 11.5. The predicted octanol–water partition coefficient (Wildman–Crippen LogP) is 3.92. The number of carbonyl (C=O) groups excluding carboxylic acids is 1. The summed E-state index contributed by atoms with van der Waals surface area (Å²) in [6.45, 7) is 2.87. The van der Waals surface area contributed by atoms with Crippen LogP contribution in [-0.2, 0) is 14.8 Å². The second-order valence-electron chi connectivity index (χ2n) is 6.51. The Labute approximate surface area is 170 Å². The van der Waals surface area contributed by atoms with Crippen molar-refractivity contribution in [2.75, 3.05) is 23.7 Å². The Kier molecular flexibility index (Phi) is 7.86. The summed E-state index contributed by atoms with van der Waals surface area (Å²) >= 11 is 3.39. The lowest BCUT2D eigenvalue weighted by atomic mass is 10.0. The average molecular weight is 453 g/mol. The van der Waals surface area contributed by atoms with Crippen LogP contribution in [0.2, 0.25) is 0 Å². The minimum absolute atomic E-state index is 0.0710. The fraction of sp³-hybridized carbons (Fsp3) is 0.350. The van der Waals surface area contributed by atoms with Gasteiger partial charge in [-0.3, -0.25) is 9.10 Å². The molecule has 0 saturated carbocycles. The van der Waals surface area contributed by atoms with Crippen molar-refractivity contribution in [2.45, 2.75) is 25.7 Å². The van der Waals surface area contributed by atoms with Crippen molar-refractivity contribution < 1.29 is 13.2 Å². The summed E-state index contributed by atoms with van der Waals surface area (Å²) in [5.41, 5.74) is 1.76. The van der Waals surface area contributed by atoms with E-state index in [4.69, 9.17) is 0 Å². The molecule has 27 heavy (non-hydrogen) atoms. The molecule has 2 aromatic carbocycles. The highest BCUT2D eigenvalue weighted by molar-refractivity contribution is 9.10. The summed E-state index contributed by atoms with van der Waals surface area (Å²) in [5.74, 6) is 0.154. The molecule has 0 aliphatic heterocycles. The van der Waals surface area contributed by atoms with Crippen molar-refractivity contribution in [3.05, 3.63) is 64.6 Å². The van der Waals surface area contributed by atoms with Crippen LogP contribution in [0.5, 0.6) is 0 Å². The molecule has 0 spiro atoms. The quantitative estimate of drug-likeness (QED) is 0.626. The molecule has 0 aliphatic carbocycles. The number of carbonyl (C=O) groups is 1. The van der Waals surface area contributed by atoms with Crippen molar-refractivity contribution in [3.63, 3.8) is 0 Å². The van der Waals surface area contributed by atoms with Gasteiger partial charge in [-0.2, -0.15) is 0 Å². The minimum atomic E-state index is -3.43. The van der Waals surface area contributed by atoms with Crippen LogP contribution in [0.1, 0.15) is 31.2 Å². The molecule has 0 saturated heterocycles. The third-order valence-corrected chi connectivity index (χ3v) is 6.11. The van der Waals surface area contributed by atoms with Gasteiger partial charge in [0.15, 0.2) is 0 Å². The van der Waals surface area contributed by atoms with E-state index in [0.29, 0.717) is 23.1 Å². The van der Waals surface area contributed by atoms with E-state index in [-0.39, 0.29) is 24.8 Å². The fourth-order valence-corrected chi connectivity index (χ4v) is 4.35. The number of para-hydroxylation sites is 1. The van der Waals surface area contributed by atoms with Gasteiger partial charge in [-0.05, 0) is 46.0 Å². The topological polar surface area (TPSA) is 66.5 Å². The lowest BCUT2D eigenvalue weighted by Crippen LogP contribution is -2.33. The number of benzene rings is 2. The van der Waals surface area contributed by atoms with E-state index in [1.165, 1.54) is 16.1 Å². The molecule has 1 atom stereocenters. The smallest absolute Gasteiger partial charge is 0.232 e. The highest BCUT2D eigenvalue weighted by Crippen LogP contribution is 2.27. The molecule has 0 bridgehead atoms. The van der Waals surface area contributed by atoms with Crippen molar-refractivity contribution in [3.8, 4) is 0 Å². The molecular weight excluding hydrogens is 428 g/mol. The van der Waals surface area contributed by atoms with Crippen LogP contribution in [0.25, 0.3) is 0 Å². The Morgan fingerprint density at radius 1 is 1.11 bits per heavy atom. The molecule has 2 rings (SSSR count). The Morgan fingerprint density at radius 3 is 2.37 bits per heavy atom. The third-order valence-electron chi connectivity index (χ3n) is 4.26. The molecule has 7 heteroatoms. The minimum Gasteiger partial charge on any atom is -0.356 e. The maximum absolute atomic E-state index is 12.1. The van der Waals surface area contributed by atoms with Crippen LogP contribution in [-0.4, -0.2) is 33.7 Å². The molecule has 1 amide bonds. The molecule has 0 unspecified atom stereocenters. The standard InChI is InChI=1S/C20H25BrN2O3S/c1-16(17-9-4-3-5-10-17)15-22-20(24)13-8-14-23(27(2,25)26)19-12-7-6-11-18(19)21/h3-7,9-12,16H,8,13-15H2,1-2H3,(H,22,24)/t16-/m0/s1. The maximum atomic E-state index is 12.1. The van der Waals surface area contributed by atoms with Crippen LogP contribution in [0.4, 0.5) is 5.69 Å². The fourth-order valence-electron chi connectivity index (χ4n) is 2.76. The first kappa shape index (κ1) is 21.4. The van der Waals surface area contributed by atoms with Gasteiger partial charge in [-0.1, -0.05) is 49.4 Å². The summed E-state index contributed by atoms with van der Waals surface area (Å²) in [5, 5.41) is 2.93. The van der Waals surface area contributed by atoms with Gasteiger partial charge in [0.25, 0.3) is 0 Å². The summed E-state index contributed by atoms with van der Waals surface area (Å²) in [4.78, 5) is 12.1. The molecule has 146 valence electrons. The van der Waals surface area contributed by atoms with Gasteiger partial charge >= 0.3 is 0 Å². The Bertz CT molecular complexity index is 857. The first-order chi connectivity index (χ1) is 12.8. The van der Waals surface area contributed by atoms with Crippen molar-refractivity contribution >= 4 is 37.5 Å². The Hall–Kier alpha value is -1.86. The van der Waals surface area contributed by atoms with Crippen molar-refractivity contribution in [1.29, 1.82) is 0 Å². The van der Waals surface area contributed by atoms with Gasteiger partial charge in [0.05, 0.1) is 11.9 Å². The lowest BCUT2D eigenvalue weighted by molar-refractivity contribution is -0.121. The van der Waals surface area contributed by atoms with E-state index in [2.05, 4.69) is 28.2 Å². The average Bonchev–Trinajstić information content (AvgIpc) is 2.64. The molecule has 0 heterocycles. The molecule has 0 radical (unpaired) electrons. The van der Waals surface area contributed by atoms with Crippen molar-refractivity contribution in [1.82, 2.24) is 5.32 Å². The molecule has 0 fully saturated rings. The van der Waals surface area contributed by atoms with Crippen LogP contribution in [0.3, 0.4) is 0 Å². The normalized spacial score (nSPS) is 12.4. The number of hydrogen-bond donors (Lipinski definition) is 1. The predicted molar refractivity (Wildman–Crippen MR) is 113 cm³/mol. The molecule has 0 aliphatic rings. The molecule has 0 aromatic heterocycles. The summed E-state index contributed by atoms with van der Waals surface area (Å²) in [6.07, 6.45) is 1.89. The SMILES string of the molecule is C[C@@H](CNC(=O)CCCN(c1ccccc1Br)S(C)(=O)=O)c1ccccc1. The second-order valence-corrected chi connectivity index (χ2v) is 9.27. The highest BCUT2D eigenvalue weighted by Gasteiger charge is 2.19. The molecular formula is C20H25BrN2O3S. The highest BCUT2D eigenvalue weighted by atomic mass is 79.9. The van der Waals surface area contributed by atoms with E-state index in [1.54, 1.807) is 18.2 Å². The number of amides is 1. The lowest BCUT2D eigenvalue weighted by Gasteiger charge is -2.23. The van der Waals surface area contributed by atoms with E-state index in [0.717, 1.165) is 0 Å². The Morgan fingerprint density at radius 2 is 1.74 bits per heavy atom. The largest absolute Gasteiger partial charge is 0.356 e. The zero-order valence-electron chi connectivity index (χ0n) is 15.6. The number of hydrogen-bond acceptors (Lipinski definition) is 3. The van der Waals surface area contributed by atoms with Crippen LogP contribution >= 0.6 is 15.9 Å². The van der Waals surface area contributed by atoms with Gasteiger partial charge in [0.2, 0.25) is 15.9 Å². The van der Waals surface area contributed by atoms with Gasteiger partial charge in [0.1, 0.15) is 0 Å². The third kappa shape index (κ3) is 6.66. The molecule has 5 nitrogen and oxygen atoms in total. The van der Waals surface area contributed by atoms with Gasteiger partial charge in [0, 0.05) is 24.0 Å². The van der Waals surface area contributed by atoms with E-state index in [9.17, 15) is 13.2 Å². The zero-order valence-corrected chi connectivity index (χ0v) is 18.0. The number of anilines is 1. The number of halogens is 1. The molecule has 1 N–H and O–H groups in total. The van der Waals surface area contributed by atoms with Crippen molar-refractivity contribution in [2.24, 2.45) is 0 Å². The van der Waals surface area contributed by atoms with Crippen LogP contribution < -0.4 is 9.62 Å². The summed E-state index contributed by atoms with van der Waals surface area (Å²) in [6, 6.07) is 17.2. The number of rotatable bonds is 9. The monoisotopic (exact) mass is 452 g/mol. The van der Waals surface area contributed by atoms with E-state index < -0.39 is 10.0 Å². The van der Waals surface area contributed by atoms with Crippen LogP contribution in [0.15, 0.2) is 59.1 Å². The number of nitrogens with zero attached hydrogens (tertiary/aromatic N) is 1. The zero-order chi connectivity index (χ0) is 19.9. The van der Waals surface area contributed by atoms with E-state index in [1.807, 2.05) is 36.4 Å². The summed E-state index contributed by atoms with van der Waals surface area (Å²) < 4.78 is 26.3. The number of sulfonamides is 1. The maximum Gasteiger partial charge on any atom is 0.232 e. The Balaban J connectivity index is 1.86. The number of nitrogens with one attached hydrogen (secondary N) is 1. The van der Waals surface area contributed by atoms with Crippen LogP contribution in [0, 0.1) is 0 Å². The first-order valence-electron chi connectivity index (χ1n) is 8.83. The second kappa shape index (κ2) is 9.90. The van der Waals surface area contributed by atoms with Gasteiger partial charge in [-0.15, -0.1) is 0 Å². The van der Waals surface area contributed by atoms with Gasteiger partial charge < -0.3 is 5.32 Å². The van der Waals surface area contributed by atoms with E-state index >= 15 is 0 Å².